The molecule has 6 nitrogen and oxygen atoms in total. The number of rotatable bonds is 6. The predicted molar refractivity (Wildman–Crippen MR) is 92.5 cm³/mol. The Kier molecular flexibility index (Phi) is 5.47. The Morgan fingerprint density at radius 3 is 2.63 bits per heavy atom. The van der Waals surface area contributed by atoms with E-state index in [1.165, 1.54) is 30.6 Å². The quantitative estimate of drug-likeness (QED) is 0.511. The smallest absolute Gasteiger partial charge is 0.177 e. The lowest BCUT2D eigenvalue weighted by Gasteiger charge is -2.34. The van der Waals surface area contributed by atoms with Gasteiger partial charge in [0, 0.05) is 17.5 Å². The second-order valence-electron chi connectivity index (χ2n) is 5.95. The first-order chi connectivity index (χ1) is 12.9. The van der Waals surface area contributed by atoms with E-state index >= 15 is 0 Å². The molecule has 2 atom stereocenters. The molecule has 1 aromatic carbocycles. The number of thioether (sulfide) groups is 1. The monoisotopic (exact) mass is 395 g/mol. The molecule has 2 heterocycles. The third-order valence-electron chi connectivity index (χ3n) is 4.37. The number of hydrogen-bond acceptors (Lipinski definition) is 6. The number of benzene rings is 1. The molecule has 0 aliphatic heterocycles. The van der Waals surface area contributed by atoms with Crippen LogP contribution in [0, 0.1) is 17.5 Å². The largest absolute Gasteiger partial charge is 0.382 e. The van der Waals surface area contributed by atoms with Crippen LogP contribution >= 0.6 is 11.8 Å². The molecule has 0 aliphatic rings. The van der Waals surface area contributed by atoms with Gasteiger partial charge in [-0.15, -0.1) is 11.8 Å². The van der Waals surface area contributed by atoms with Crippen LogP contribution in [0.4, 0.5) is 13.2 Å². The van der Waals surface area contributed by atoms with Crippen LogP contribution in [0.25, 0.3) is 0 Å². The zero-order valence-electron chi connectivity index (χ0n) is 14.5. The molecule has 0 spiro atoms. The lowest BCUT2D eigenvalue weighted by atomic mass is 9.79. The second kappa shape index (κ2) is 7.65. The molecule has 2 unspecified atom stereocenters. The van der Waals surface area contributed by atoms with E-state index in [1.54, 1.807) is 6.26 Å². The van der Waals surface area contributed by atoms with Crippen LogP contribution in [0.5, 0.6) is 0 Å². The van der Waals surface area contributed by atoms with Gasteiger partial charge in [0.05, 0.1) is 12.2 Å². The first-order valence-corrected chi connectivity index (χ1v) is 9.14. The Balaban J connectivity index is 2.14. The van der Waals surface area contributed by atoms with E-state index in [1.807, 2.05) is 0 Å². The maximum atomic E-state index is 14.8. The van der Waals surface area contributed by atoms with Crippen molar-refractivity contribution < 1.29 is 18.3 Å². The average molecular weight is 395 g/mol. The van der Waals surface area contributed by atoms with Crippen LogP contribution in [0.2, 0.25) is 0 Å². The van der Waals surface area contributed by atoms with Gasteiger partial charge in [-0.2, -0.15) is 5.10 Å². The average Bonchev–Trinajstić information content (AvgIpc) is 3.14. The highest BCUT2D eigenvalue weighted by Crippen LogP contribution is 2.40. The molecule has 10 heteroatoms. The summed E-state index contributed by atoms with van der Waals surface area (Å²) in [5.74, 6) is -3.44. The van der Waals surface area contributed by atoms with Gasteiger partial charge < -0.3 is 5.11 Å². The zero-order chi connectivity index (χ0) is 19.6. The summed E-state index contributed by atoms with van der Waals surface area (Å²) in [5.41, 5.74) is -2.26. The minimum Gasteiger partial charge on any atom is -0.382 e. The minimum atomic E-state index is -1.98. The number of aliphatic hydroxyl groups is 1. The summed E-state index contributed by atoms with van der Waals surface area (Å²) in [6, 6.07) is 2.83. The van der Waals surface area contributed by atoms with Crippen LogP contribution in [0.1, 0.15) is 24.1 Å². The molecule has 0 saturated carbocycles. The highest BCUT2D eigenvalue weighted by atomic mass is 32.2. The first-order valence-electron chi connectivity index (χ1n) is 7.91. The number of aromatic nitrogens is 5. The lowest BCUT2D eigenvalue weighted by Crippen LogP contribution is -2.39. The Labute approximate surface area is 157 Å². The van der Waals surface area contributed by atoms with Crippen molar-refractivity contribution in [2.24, 2.45) is 0 Å². The van der Waals surface area contributed by atoms with E-state index in [0.717, 1.165) is 23.9 Å². The van der Waals surface area contributed by atoms with Gasteiger partial charge in [-0.1, -0.05) is 13.0 Å². The summed E-state index contributed by atoms with van der Waals surface area (Å²) in [4.78, 5) is 11.6. The van der Waals surface area contributed by atoms with Crippen molar-refractivity contribution in [1.29, 1.82) is 0 Å². The maximum absolute atomic E-state index is 14.8. The van der Waals surface area contributed by atoms with E-state index in [9.17, 15) is 18.3 Å². The van der Waals surface area contributed by atoms with Gasteiger partial charge in [-0.25, -0.2) is 32.8 Å². The van der Waals surface area contributed by atoms with E-state index < -0.39 is 29.0 Å². The van der Waals surface area contributed by atoms with Gasteiger partial charge in [0.1, 0.15) is 41.2 Å². The normalized spacial score (nSPS) is 14.7. The molecule has 0 saturated heterocycles. The standard InChI is InChI=1S/C17H16F3N5OS/c1-10(15-14(20)16(27-2)23-8-22-15)17(26,6-25-9-21-7-24-25)12-4-3-11(18)5-13(12)19/h3-5,7-10,26H,6H2,1-2H3. The molecule has 27 heavy (non-hydrogen) atoms. The molecule has 0 radical (unpaired) electrons. The molecule has 142 valence electrons. The SMILES string of the molecule is CSc1ncnc(C(C)C(O)(Cn2cncn2)c2ccc(F)cc2F)c1F. The maximum Gasteiger partial charge on any atom is 0.177 e. The molecule has 0 fully saturated rings. The van der Waals surface area contributed by atoms with Crippen molar-refractivity contribution in [2.75, 3.05) is 6.26 Å². The number of nitrogens with zero attached hydrogens (tertiary/aromatic N) is 5. The minimum absolute atomic E-state index is 0.0827. The van der Waals surface area contributed by atoms with E-state index in [4.69, 9.17) is 0 Å². The highest BCUT2D eigenvalue weighted by molar-refractivity contribution is 7.98. The Morgan fingerprint density at radius 2 is 2.00 bits per heavy atom. The van der Waals surface area contributed by atoms with Gasteiger partial charge in [0.25, 0.3) is 0 Å². The molecule has 0 amide bonds. The molecule has 3 rings (SSSR count). The summed E-state index contributed by atoms with van der Waals surface area (Å²) in [7, 11) is 0. The third-order valence-corrected chi connectivity index (χ3v) is 5.04. The van der Waals surface area contributed by atoms with Crippen molar-refractivity contribution in [1.82, 2.24) is 24.7 Å². The van der Waals surface area contributed by atoms with Crippen molar-refractivity contribution >= 4 is 11.8 Å². The molecule has 0 aliphatic carbocycles. The number of halogens is 3. The van der Waals surface area contributed by atoms with E-state index in [0.29, 0.717) is 6.07 Å². The zero-order valence-corrected chi connectivity index (χ0v) is 15.3. The van der Waals surface area contributed by atoms with Crippen molar-refractivity contribution in [3.63, 3.8) is 0 Å². The first kappa shape index (κ1) is 19.3. The van der Waals surface area contributed by atoms with Crippen molar-refractivity contribution in [3.05, 3.63) is 65.9 Å². The van der Waals surface area contributed by atoms with Crippen LogP contribution in [-0.2, 0) is 12.1 Å². The van der Waals surface area contributed by atoms with Gasteiger partial charge >= 0.3 is 0 Å². The van der Waals surface area contributed by atoms with E-state index in [-0.39, 0.29) is 22.8 Å². The van der Waals surface area contributed by atoms with Crippen molar-refractivity contribution in [2.45, 2.75) is 30.0 Å². The predicted octanol–water partition coefficient (Wildman–Crippen LogP) is 2.90. The molecule has 3 aromatic rings. The fraction of sp³-hybridized carbons (Fsp3) is 0.294. The lowest BCUT2D eigenvalue weighted by molar-refractivity contribution is -0.0135. The summed E-state index contributed by atoms with van der Waals surface area (Å²) >= 11 is 1.08. The molecular formula is C17H16F3N5OS. The summed E-state index contributed by atoms with van der Waals surface area (Å²) in [6.45, 7) is 1.27. The van der Waals surface area contributed by atoms with E-state index in [2.05, 4.69) is 20.1 Å². The fourth-order valence-corrected chi connectivity index (χ4v) is 3.33. The highest BCUT2D eigenvalue weighted by Gasteiger charge is 2.42. The Bertz CT molecular complexity index is 940. The second-order valence-corrected chi connectivity index (χ2v) is 6.74. The fourth-order valence-electron chi connectivity index (χ4n) is 2.89. The van der Waals surface area contributed by atoms with Gasteiger partial charge in [0.15, 0.2) is 5.82 Å². The summed E-state index contributed by atoms with van der Waals surface area (Å²) < 4.78 is 43.9. The van der Waals surface area contributed by atoms with Crippen LogP contribution < -0.4 is 0 Å². The topological polar surface area (TPSA) is 76.7 Å². The van der Waals surface area contributed by atoms with Gasteiger partial charge in [-0.05, 0) is 12.3 Å². The van der Waals surface area contributed by atoms with Gasteiger partial charge in [0.2, 0.25) is 0 Å². The van der Waals surface area contributed by atoms with Crippen LogP contribution in [-0.4, -0.2) is 36.1 Å². The van der Waals surface area contributed by atoms with Crippen molar-refractivity contribution in [3.8, 4) is 0 Å². The molecular weight excluding hydrogens is 379 g/mol. The molecule has 0 bridgehead atoms. The number of hydrogen-bond donors (Lipinski definition) is 1. The Morgan fingerprint density at radius 1 is 1.22 bits per heavy atom. The third kappa shape index (κ3) is 3.67. The molecule has 1 N–H and O–H groups in total. The Hall–Kier alpha value is -2.46. The summed E-state index contributed by atoms with van der Waals surface area (Å²) in [6.07, 6.45) is 5.42. The summed E-state index contributed by atoms with van der Waals surface area (Å²) in [5, 5.41) is 15.5. The van der Waals surface area contributed by atoms with Gasteiger partial charge in [-0.3, -0.25) is 0 Å². The molecule has 2 aromatic heterocycles. The van der Waals surface area contributed by atoms with Crippen LogP contribution in [0.3, 0.4) is 0 Å². The van der Waals surface area contributed by atoms with Crippen LogP contribution in [0.15, 0.2) is 42.2 Å².